The van der Waals surface area contributed by atoms with E-state index in [2.05, 4.69) is 15.5 Å². The number of esters is 1. The summed E-state index contributed by atoms with van der Waals surface area (Å²) in [4.78, 5) is 27.0. The lowest BCUT2D eigenvalue weighted by Crippen LogP contribution is -2.38. The monoisotopic (exact) mass is 457 g/mol. The number of carbonyl (C=O) groups excluding carboxylic acids is 2. The first-order valence-corrected chi connectivity index (χ1v) is 10.9. The molecule has 0 unspecified atom stereocenters. The van der Waals surface area contributed by atoms with Crippen LogP contribution in [0.2, 0.25) is 0 Å². The lowest BCUT2D eigenvalue weighted by molar-refractivity contribution is 0.0526. The molecule has 8 nitrogen and oxygen atoms in total. The molecule has 1 saturated heterocycles. The van der Waals surface area contributed by atoms with Crippen molar-refractivity contribution in [2.75, 3.05) is 49.7 Å². The summed E-state index contributed by atoms with van der Waals surface area (Å²) < 4.78 is 16.0. The van der Waals surface area contributed by atoms with Gasteiger partial charge in [-0.3, -0.25) is 10.1 Å². The van der Waals surface area contributed by atoms with Gasteiger partial charge in [-0.05, 0) is 62.5 Å². The summed E-state index contributed by atoms with van der Waals surface area (Å²) in [6.07, 6.45) is 0. The van der Waals surface area contributed by atoms with Crippen molar-refractivity contribution in [3.8, 4) is 5.75 Å². The van der Waals surface area contributed by atoms with Gasteiger partial charge in [-0.1, -0.05) is 6.07 Å². The van der Waals surface area contributed by atoms with Crippen LogP contribution in [0.4, 0.5) is 11.4 Å². The number of hydrogen-bond donors (Lipinski definition) is 2. The van der Waals surface area contributed by atoms with Gasteiger partial charge in [-0.15, -0.1) is 0 Å². The number of ether oxygens (including phenoxy) is 3. The molecule has 32 heavy (non-hydrogen) atoms. The molecule has 1 aliphatic rings. The molecule has 9 heteroatoms. The van der Waals surface area contributed by atoms with Crippen molar-refractivity contribution in [3.05, 3.63) is 53.6 Å². The summed E-state index contributed by atoms with van der Waals surface area (Å²) in [5.41, 5.74) is 2.28. The third-order valence-electron chi connectivity index (χ3n) is 4.74. The summed E-state index contributed by atoms with van der Waals surface area (Å²) in [5.74, 6) is -0.180. The summed E-state index contributed by atoms with van der Waals surface area (Å²) >= 11 is 5.38. The van der Waals surface area contributed by atoms with E-state index in [-0.39, 0.29) is 17.6 Å². The van der Waals surface area contributed by atoms with E-state index in [9.17, 15) is 9.59 Å². The van der Waals surface area contributed by atoms with E-state index < -0.39 is 5.97 Å². The Morgan fingerprint density at radius 2 is 1.84 bits per heavy atom. The van der Waals surface area contributed by atoms with Crippen LogP contribution >= 0.6 is 12.2 Å². The van der Waals surface area contributed by atoms with Gasteiger partial charge in [0.2, 0.25) is 0 Å². The van der Waals surface area contributed by atoms with E-state index in [4.69, 9.17) is 26.4 Å². The lowest BCUT2D eigenvalue weighted by Gasteiger charge is -2.31. The molecular formula is C23H27N3O5S. The smallest absolute Gasteiger partial charge is 0.338 e. The summed E-state index contributed by atoms with van der Waals surface area (Å²) in [6.45, 7) is 7.04. The maximum absolute atomic E-state index is 12.7. The highest BCUT2D eigenvalue weighted by Crippen LogP contribution is 2.28. The first-order chi connectivity index (χ1) is 15.5. The van der Waals surface area contributed by atoms with Gasteiger partial charge in [-0.25, -0.2) is 4.79 Å². The Kier molecular flexibility index (Phi) is 8.41. The second-order valence-corrected chi connectivity index (χ2v) is 7.33. The van der Waals surface area contributed by atoms with Gasteiger partial charge >= 0.3 is 5.97 Å². The third-order valence-corrected chi connectivity index (χ3v) is 4.95. The average molecular weight is 458 g/mol. The van der Waals surface area contributed by atoms with Crippen LogP contribution in [0.1, 0.15) is 34.6 Å². The van der Waals surface area contributed by atoms with Crippen LogP contribution in [0, 0.1) is 0 Å². The Bertz CT molecular complexity index is 976. The number of rotatable bonds is 7. The number of nitrogens with one attached hydrogen (secondary N) is 2. The fraction of sp³-hybridized carbons (Fsp3) is 0.348. The van der Waals surface area contributed by atoms with Gasteiger partial charge in [0.15, 0.2) is 5.11 Å². The van der Waals surface area contributed by atoms with Crippen molar-refractivity contribution in [2.24, 2.45) is 0 Å². The van der Waals surface area contributed by atoms with Crippen molar-refractivity contribution in [2.45, 2.75) is 13.8 Å². The zero-order chi connectivity index (χ0) is 22.9. The molecule has 0 radical (unpaired) electrons. The SMILES string of the molecule is CCOC(=O)c1ccc(N2CCOCC2)c(NC(=S)NC(=O)c2cccc(OCC)c2)c1. The predicted octanol–water partition coefficient (Wildman–Crippen LogP) is 3.23. The molecule has 2 aromatic rings. The van der Waals surface area contributed by atoms with Crippen LogP contribution in [-0.4, -0.2) is 56.5 Å². The number of hydrogen-bond acceptors (Lipinski definition) is 7. The Morgan fingerprint density at radius 3 is 2.56 bits per heavy atom. The highest BCUT2D eigenvalue weighted by Gasteiger charge is 2.19. The zero-order valence-electron chi connectivity index (χ0n) is 18.2. The standard InChI is InChI=1S/C23H27N3O5S/c1-3-30-18-7-5-6-16(14-18)21(27)25-23(32)24-19-15-17(22(28)31-4-2)8-9-20(19)26-10-12-29-13-11-26/h5-9,14-15H,3-4,10-13H2,1-2H3,(H2,24,25,27,32). The molecule has 0 aliphatic carbocycles. The van der Waals surface area contributed by atoms with Gasteiger partial charge in [0.05, 0.1) is 43.4 Å². The highest BCUT2D eigenvalue weighted by atomic mass is 32.1. The molecule has 0 aromatic heterocycles. The number of benzene rings is 2. The Labute approximate surface area is 192 Å². The van der Waals surface area contributed by atoms with E-state index in [1.165, 1.54) is 0 Å². The quantitative estimate of drug-likeness (QED) is 0.484. The van der Waals surface area contributed by atoms with E-state index >= 15 is 0 Å². The zero-order valence-corrected chi connectivity index (χ0v) is 19.0. The fourth-order valence-electron chi connectivity index (χ4n) is 3.28. The average Bonchev–Trinajstić information content (AvgIpc) is 2.80. The number of thiocarbonyl (C=S) groups is 1. The lowest BCUT2D eigenvalue weighted by atomic mass is 10.1. The molecule has 3 rings (SSSR count). The first-order valence-electron chi connectivity index (χ1n) is 10.5. The molecule has 1 amide bonds. The number of morpholine rings is 1. The van der Waals surface area contributed by atoms with E-state index in [1.54, 1.807) is 43.3 Å². The maximum Gasteiger partial charge on any atom is 0.338 e. The minimum absolute atomic E-state index is 0.118. The molecule has 0 spiro atoms. The maximum atomic E-state index is 12.7. The molecule has 2 aromatic carbocycles. The molecule has 0 bridgehead atoms. The molecule has 0 atom stereocenters. The van der Waals surface area contributed by atoms with Crippen molar-refractivity contribution in [1.29, 1.82) is 0 Å². The van der Waals surface area contributed by atoms with Crippen molar-refractivity contribution in [3.63, 3.8) is 0 Å². The van der Waals surface area contributed by atoms with Crippen molar-refractivity contribution in [1.82, 2.24) is 5.32 Å². The molecule has 0 saturated carbocycles. The molecule has 2 N–H and O–H groups in total. The van der Waals surface area contributed by atoms with Crippen molar-refractivity contribution < 1.29 is 23.8 Å². The van der Waals surface area contributed by atoms with Crippen LogP contribution in [-0.2, 0) is 9.47 Å². The van der Waals surface area contributed by atoms with Gasteiger partial charge in [0, 0.05) is 18.7 Å². The van der Waals surface area contributed by atoms with Crippen molar-refractivity contribution >= 4 is 40.6 Å². The first kappa shape index (κ1) is 23.5. The number of carbonyl (C=O) groups is 2. The number of amides is 1. The largest absolute Gasteiger partial charge is 0.494 e. The van der Waals surface area contributed by atoms with Crippen LogP contribution in [0.5, 0.6) is 5.75 Å². The minimum Gasteiger partial charge on any atom is -0.494 e. The normalized spacial score (nSPS) is 13.2. The number of anilines is 2. The Morgan fingerprint density at radius 1 is 1.06 bits per heavy atom. The van der Waals surface area contributed by atoms with E-state index in [0.717, 1.165) is 5.69 Å². The van der Waals surface area contributed by atoms with Crippen LogP contribution in [0.3, 0.4) is 0 Å². The van der Waals surface area contributed by atoms with Crippen LogP contribution in [0.25, 0.3) is 0 Å². The second kappa shape index (κ2) is 11.4. The number of nitrogens with zero attached hydrogens (tertiary/aromatic N) is 1. The summed E-state index contributed by atoms with van der Waals surface area (Å²) in [6, 6.07) is 12.1. The van der Waals surface area contributed by atoms with Gasteiger partial charge in [-0.2, -0.15) is 0 Å². The third kappa shape index (κ3) is 6.18. The van der Waals surface area contributed by atoms with Crippen LogP contribution < -0.4 is 20.3 Å². The molecule has 1 aliphatic heterocycles. The van der Waals surface area contributed by atoms with Crippen LogP contribution in [0.15, 0.2) is 42.5 Å². The second-order valence-electron chi connectivity index (χ2n) is 6.92. The molecule has 170 valence electrons. The Hall–Kier alpha value is -3.17. The predicted molar refractivity (Wildman–Crippen MR) is 127 cm³/mol. The molecule has 1 fully saturated rings. The van der Waals surface area contributed by atoms with E-state index in [0.29, 0.717) is 55.5 Å². The van der Waals surface area contributed by atoms with Gasteiger partial charge in [0.1, 0.15) is 5.75 Å². The van der Waals surface area contributed by atoms with Gasteiger partial charge in [0.25, 0.3) is 5.91 Å². The fourth-order valence-corrected chi connectivity index (χ4v) is 3.48. The topological polar surface area (TPSA) is 89.1 Å². The molecular weight excluding hydrogens is 430 g/mol. The van der Waals surface area contributed by atoms with Gasteiger partial charge < -0.3 is 24.4 Å². The molecule has 1 heterocycles. The highest BCUT2D eigenvalue weighted by molar-refractivity contribution is 7.80. The Balaban J connectivity index is 1.78. The minimum atomic E-state index is -0.424. The summed E-state index contributed by atoms with van der Waals surface area (Å²) in [5, 5.41) is 5.87. The van der Waals surface area contributed by atoms with E-state index in [1.807, 2.05) is 13.0 Å². The summed E-state index contributed by atoms with van der Waals surface area (Å²) in [7, 11) is 0.